The molecule has 0 saturated heterocycles. The molecule has 0 heterocycles. The van der Waals surface area contributed by atoms with E-state index >= 15 is 0 Å². The van der Waals surface area contributed by atoms with Crippen molar-refractivity contribution < 1.29 is 26.7 Å². The predicted octanol–water partition coefficient (Wildman–Crippen LogP) is 7.57. The molecule has 4 aromatic rings. The van der Waals surface area contributed by atoms with Gasteiger partial charge in [0.1, 0.15) is 11.6 Å². The summed E-state index contributed by atoms with van der Waals surface area (Å²) in [6.07, 6.45) is -3.79. The molecule has 0 amide bonds. The fourth-order valence-electron chi connectivity index (χ4n) is 3.15. The lowest BCUT2D eigenvalue weighted by Gasteiger charge is -2.18. The van der Waals surface area contributed by atoms with E-state index < -0.39 is 34.9 Å². The van der Waals surface area contributed by atoms with E-state index in [4.69, 9.17) is 0 Å². The zero-order valence-electron chi connectivity index (χ0n) is 16.0. The lowest BCUT2D eigenvalue weighted by Crippen LogP contribution is -2.21. The summed E-state index contributed by atoms with van der Waals surface area (Å²) in [6, 6.07) is 21.0. The molecule has 0 aliphatic carbocycles. The van der Waals surface area contributed by atoms with Crippen LogP contribution in [-0.2, 0) is 6.11 Å². The Morgan fingerprint density at radius 2 is 1.23 bits per heavy atom. The number of halogens is 5. The van der Waals surface area contributed by atoms with Crippen LogP contribution in [0.15, 0.2) is 91.0 Å². The van der Waals surface area contributed by atoms with Gasteiger partial charge in [-0.2, -0.15) is 8.78 Å². The average molecular weight is 426 g/mol. The van der Waals surface area contributed by atoms with Gasteiger partial charge in [0.2, 0.25) is 0 Å². The number of hydrogen-bond donors (Lipinski definition) is 0. The first kappa shape index (κ1) is 20.6. The highest BCUT2D eigenvalue weighted by Gasteiger charge is 2.34. The van der Waals surface area contributed by atoms with E-state index in [0.29, 0.717) is 23.3 Å². The SMILES string of the molecule is Fc1ccc(OC(F)(F)c2ccc(-c3ccc(-c4ccccc4)cc3F)cc2)cc1F. The first-order chi connectivity index (χ1) is 14.8. The van der Waals surface area contributed by atoms with Crippen molar-refractivity contribution in [2.45, 2.75) is 6.11 Å². The minimum atomic E-state index is -3.79. The number of benzene rings is 4. The molecule has 0 spiro atoms. The van der Waals surface area contributed by atoms with Crippen LogP contribution in [0.1, 0.15) is 5.56 Å². The number of alkyl halides is 2. The van der Waals surface area contributed by atoms with Gasteiger partial charge in [-0.15, -0.1) is 0 Å². The molecule has 4 rings (SSSR count). The van der Waals surface area contributed by atoms with E-state index in [1.807, 2.05) is 30.3 Å². The first-order valence-electron chi connectivity index (χ1n) is 9.31. The molecule has 0 saturated carbocycles. The van der Waals surface area contributed by atoms with Gasteiger partial charge in [0, 0.05) is 11.6 Å². The third-order valence-corrected chi connectivity index (χ3v) is 4.75. The number of rotatable bonds is 5. The molecule has 0 aromatic heterocycles. The Hall–Kier alpha value is -3.67. The van der Waals surface area contributed by atoms with E-state index in [-0.39, 0.29) is 5.56 Å². The maximum atomic E-state index is 14.7. The molecule has 0 bridgehead atoms. The van der Waals surface area contributed by atoms with Crippen LogP contribution in [0, 0.1) is 17.5 Å². The Labute approximate surface area is 175 Å². The van der Waals surface area contributed by atoms with Crippen molar-refractivity contribution in [3.63, 3.8) is 0 Å². The maximum absolute atomic E-state index is 14.7. The summed E-state index contributed by atoms with van der Waals surface area (Å²) in [5.41, 5.74) is 1.71. The van der Waals surface area contributed by atoms with Gasteiger partial charge in [0.15, 0.2) is 11.6 Å². The summed E-state index contributed by atoms with van der Waals surface area (Å²) in [4.78, 5) is 0. The van der Waals surface area contributed by atoms with Crippen molar-refractivity contribution >= 4 is 0 Å². The molecule has 0 N–H and O–H groups in total. The first-order valence-corrected chi connectivity index (χ1v) is 9.31. The second-order valence-corrected chi connectivity index (χ2v) is 6.83. The standard InChI is InChI=1S/C25H15F5O/c26-22-13-11-20(15-24(22)28)31-25(29,30)19-9-6-17(7-10-19)21-12-8-18(14-23(21)27)16-4-2-1-3-5-16/h1-15H. The van der Waals surface area contributed by atoms with Crippen molar-refractivity contribution in [2.24, 2.45) is 0 Å². The van der Waals surface area contributed by atoms with E-state index in [1.54, 1.807) is 12.1 Å². The third kappa shape index (κ3) is 4.43. The Kier molecular flexibility index (Phi) is 5.46. The molecular weight excluding hydrogens is 411 g/mol. The Morgan fingerprint density at radius 3 is 1.87 bits per heavy atom. The van der Waals surface area contributed by atoms with E-state index in [2.05, 4.69) is 4.74 Å². The van der Waals surface area contributed by atoms with Gasteiger partial charge in [-0.25, -0.2) is 13.2 Å². The predicted molar refractivity (Wildman–Crippen MR) is 108 cm³/mol. The zero-order chi connectivity index (χ0) is 22.0. The molecular formula is C25H15F5O. The average Bonchev–Trinajstić information content (AvgIpc) is 2.77. The minimum Gasteiger partial charge on any atom is -0.429 e. The van der Waals surface area contributed by atoms with Crippen LogP contribution in [0.25, 0.3) is 22.3 Å². The van der Waals surface area contributed by atoms with E-state index in [1.165, 1.54) is 18.2 Å². The Balaban J connectivity index is 1.56. The van der Waals surface area contributed by atoms with Gasteiger partial charge in [-0.1, -0.05) is 54.6 Å². The second kappa shape index (κ2) is 8.22. The van der Waals surface area contributed by atoms with Crippen molar-refractivity contribution in [1.82, 2.24) is 0 Å². The van der Waals surface area contributed by atoms with Crippen LogP contribution >= 0.6 is 0 Å². The molecule has 0 aliphatic rings. The van der Waals surface area contributed by atoms with Crippen molar-refractivity contribution in [1.29, 1.82) is 0 Å². The lowest BCUT2D eigenvalue weighted by molar-refractivity contribution is -0.185. The summed E-state index contributed by atoms with van der Waals surface area (Å²) >= 11 is 0. The van der Waals surface area contributed by atoms with Crippen molar-refractivity contribution in [2.75, 3.05) is 0 Å². The highest BCUT2D eigenvalue weighted by atomic mass is 19.3. The smallest absolute Gasteiger partial charge is 0.426 e. The van der Waals surface area contributed by atoms with Crippen LogP contribution in [0.4, 0.5) is 22.0 Å². The zero-order valence-corrected chi connectivity index (χ0v) is 16.0. The van der Waals surface area contributed by atoms with Gasteiger partial charge < -0.3 is 4.74 Å². The van der Waals surface area contributed by atoms with Gasteiger partial charge in [-0.3, -0.25) is 0 Å². The van der Waals surface area contributed by atoms with Crippen LogP contribution in [0.2, 0.25) is 0 Å². The molecule has 4 aromatic carbocycles. The third-order valence-electron chi connectivity index (χ3n) is 4.75. The largest absolute Gasteiger partial charge is 0.429 e. The van der Waals surface area contributed by atoms with E-state index in [9.17, 15) is 22.0 Å². The fourth-order valence-corrected chi connectivity index (χ4v) is 3.15. The molecule has 1 nitrogen and oxygen atoms in total. The highest BCUT2D eigenvalue weighted by Crippen LogP contribution is 2.34. The second-order valence-electron chi connectivity index (χ2n) is 6.83. The summed E-state index contributed by atoms with van der Waals surface area (Å²) in [7, 11) is 0. The topological polar surface area (TPSA) is 9.23 Å². The molecule has 0 fully saturated rings. The molecule has 31 heavy (non-hydrogen) atoms. The fraction of sp³-hybridized carbons (Fsp3) is 0.0400. The van der Waals surface area contributed by atoms with Crippen LogP contribution in [0.5, 0.6) is 5.75 Å². The maximum Gasteiger partial charge on any atom is 0.426 e. The van der Waals surface area contributed by atoms with Gasteiger partial charge in [-0.05, 0) is 47.0 Å². The Bertz CT molecular complexity index is 1200. The van der Waals surface area contributed by atoms with Gasteiger partial charge in [0.25, 0.3) is 0 Å². The quantitative estimate of drug-likeness (QED) is 0.299. The normalized spacial score (nSPS) is 11.4. The van der Waals surface area contributed by atoms with Crippen LogP contribution < -0.4 is 4.74 Å². The molecule has 0 unspecified atom stereocenters. The number of hydrogen-bond acceptors (Lipinski definition) is 1. The molecule has 156 valence electrons. The molecule has 0 aliphatic heterocycles. The molecule has 0 radical (unpaired) electrons. The van der Waals surface area contributed by atoms with Crippen LogP contribution in [-0.4, -0.2) is 0 Å². The van der Waals surface area contributed by atoms with Crippen LogP contribution in [0.3, 0.4) is 0 Å². The monoisotopic (exact) mass is 426 g/mol. The molecule has 6 heteroatoms. The lowest BCUT2D eigenvalue weighted by atomic mass is 9.99. The van der Waals surface area contributed by atoms with Gasteiger partial charge >= 0.3 is 6.11 Å². The molecule has 0 atom stereocenters. The van der Waals surface area contributed by atoms with E-state index in [0.717, 1.165) is 23.8 Å². The summed E-state index contributed by atoms with van der Waals surface area (Å²) < 4.78 is 74.3. The summed E-state index contributed by atoms with van der Waals surface area (Å²) in [5, 5.41) is 0. The Morgan fingerprint density at radius 1 is 0.548 bits per heavy atom. The van der Waals surface area contributed by atoms with Crippen molar-refractivity contribution in [3.05, 3.63) is 114 Å². The highest BCUT2D eigenvalue weighted by molar-refractivity contribution is 5.71. The summed E-state index contributed by atoms with van der Waals surface area (Å²) in [5.74, 6) is -3.46. The minimum absolute atomic E-state index is 0.260. The summed E-state index contributed by atoms with van der Waals surface area (Å²) in [6.45, 7) is 0. The number of ether oxygens (including phenoxy) is 1. The van der Waals surface area contributed by atoms with Gasteiger partial charge in [0.05, 0.1) is 5.56 Å². The van der Waals surface area contributed by atoms with Crippen molar-refractivity contribution in [3.8, 4) is 28.0 Å².